The maximum atomic E-state index is 6.01. The second-order valence-corrected chi connectivity index (χ2v) is 6.54. The smallest absolute Gasteiger partial charge is 0.106 e. The van der Waals surface area contributed by atoms with Crippen molar-refractivity contribution in [1.29, 1.82) is 0 Å². The van der Waals surface area contributed by atoms with Crippen molar-refractivity contribution in [3.63, 3.8) is 0 Å². The zero-order chi connectivity index (χ0) is 13.7. The van der Waals surface area contributed by atoms with Crippen LogP contribution in [0.2, 0.25) is 5.02 Å². The number of thioether (sulfide) groups is 1. The summed E-state index contributed by atoms with van der Waals surface area (Å²) in [6.07, 6.45) is 0. The Morgan fingerprint density at radius 2 is 2.16 bits per heavy atom. The molecule has 0 atom stereocenters. The summed E-state index contributed by atoms with van der Waals surface area (Å²) < 4.78 is 0. The number of rotatable bonds is 5. The fourth-order valence-corrected chi connectivity index (χ4v) is 3.38. The van der Waals surface area contributed by atoms with Gasteiger partial charge in [0.2, 0.25) is 0 Å². The summed E-state index contributed by atoms with van der Waals surface area (Å²) in [5, 5.41) is 4.07. The van der Waals surface area contributed by atoms with E-state index in [-0.39, 0.29) is 0 Å². The second kappa shape index (κ2) is 7.33. The standard InChI is InChI=1S/C13H18ClN3S2/c14-10-1-2-11(13(15)18)12(9-10)16-3-4-17-5-7-19-8-6-17/h1-2,9,16H,3-8H2,(H2,15,18). The molecule has 3 N–H and O–H groups in total. The first-order valence-electron chi connectivity index (χ1n) is 6.30. The van der Waals surface area contributed by atoms with Crippen LogP contribution in [-0.4, -0.2) is 47.6 Å². The van der Waals surface area contributed by atoms with Crippen LogP contribution >= 0.6 is 35.6 Å². The lowest BCUT2D eigenvalue weighted by molar-refractivity contribution is 0.314. The van der Waals surface area contributed by atoms with Gasteiger partial charge in [0.05, 0.1) is 0 Å². The van der Waals surface area contributed by atoms with E-state index in [1.165, 1.54) is 24.6 Å². The minimum atomic E-state index is 0.397. The van der Waals surface area contributed by atoms with Gasteiger partial charge in [-0.3, -0.25) is 4.90 Å². The second-order valence-electron chi connectivity index (χ2n) is 4.43. The molecule has 0 unspecified atom stereocenters. The van der Waals surface area contributed by atoms with Crippen molar-refractivity contribution < 1.29 is 0 Å². The van der Waals surface area contributed by atoms with E-state index in [0.717, 1.165) is 24.3 Å². The van der Waals surface area contributed by atoms with Gasteiger partial charge in [-0.1, -0.05) is 23.8 Å². The van der Waals surface area contributed by atoms with Gasteiger partial charge >= 0.3 is 0 Å². The fourth-order valence-electron chi connectivity index (χ4n) is 2.05. The van der Waals surface area contributed by atoms with Gasteiger partial charge in [0.1, 0.15) is 4.99 Å². The summed E-state index contributed by atoms with van der Waals surface area (Å²) in [5.41, 5.74) is 7.49. The molecular formula is C13H18ClN3S2. The minimum Gasteiger partial charge on any atom is -0.389 e. The predicted molar refractivity (Wildman–Crippen MR) is 89.6 cm³/mol. The monoisotopic (exact) mass is 315 g/mol. The van der Waals surface area contributed by atoms with Gasteiger partial charge in [-0.25, -0.2) is 0 Å². The molecule has 19 heavy (non-hydrogen) atoms. The summed E-state index contributed by atoms with van der Waals surface area (Å²) in [5.74, 6) is 2.46. The highest BCUT2D eigenvalue weighted by Gasteiger charge is 2.10. The SMILES string of the molecule is NC(=S)c1ccc(Cl)cc1NCCN1CCSCC1. The molecule has 0 spiro atoms. The van der Waals surface area contributed by atoms with Crippen molar-refractivity contribution in [3.8, 4) is 0 Å². The lowest BCUT2D eigenvalue weighted by atomic mass is 10.2. The van der Waals surface area contributed by atoms with Crippen LogP contribution in [0.4, 0.5) is 5.69 Å². The van der Waals surface area contributed by atoms with Crippen LogP contribution in [0.15, 0.2) is 18.2 Å². The minimum absolute atomic E-state index is 0.397. The Hall–Kier alpha value is -0.490. The van der Waals surface area contributed by atoms with Crippen LogP contribution in [-0.2, 0) is 0 Å². The van der Waals surface area contributed by atoms with E-state index in [9.17, 15) is 0 Å². The van der Waals surface area contributed by atoms with E-state index in [4.69, 9.17) is 29.6 Å². The molecule has 0 bridgehead atoms. The maximum absolute atomic E-state index is 6.01. The third-order valence-corrected chi connectivity index (χ3v) is 4.49. The Morgan fingerprint density at radius 3 is 2.84 bits per heavy atom. The normalized spacial score (nSPS) is 16.3. The average Bonchev–Trinajstić information content (AvgIpc) is 2.39. The Balaban J connectivity index is 1.91. The Bertz CT molecular complexity index is 448. The molecule has 1 saturated heterocycles. The van der Waals surface area contributed by atoms with E-state index in [1.807, 2.05) is 30.0 Å². The molecule has 0 saturated carbocycles. The lowest BCUT2D eigenvalue weighted by Gasteiger charge is -2.26. The molecule has 6 heteroatoms. The molecule has 0 amide bonds. The highest BCUT2D eigenvalue weighted by atomic mass is 35.5. The number of nitrogens with one attached hydrogen (secondary N) is 1. The van der Waals surface area contributed by atoms with Gasteiger partial charge in [0.25, 0.3) is 0 Å². The molecule has 1 aliphatic rings. The van der Waals surface area contributed by atoms with Crippen molar-refractivity contribution in [1.82, 2.24) is 4.90 Å². The number of benzene rings is 1. The van der Waals surface area contributed by atoms with Crippen LogP contribution in [0.5, 0.6) is 0 Å². The van der Waals surface area contributed by atoms with Crippen LogP contribution in [0, 0.1) is 0 Å². The van der Waals surface area contributed by atoms with Crippen LogP contribution in [0.1, 0.15) is 5.56 Å². The van der Waals surface area contributed by atoms with E-state index in [0.29, 0.717) is 10.0 Å². The largest absolute Gasteiger partial charge is 0.389 e. The topological polar surface area (TPSA) is 41.3 Å². The Morgan fingerprint density at radius 1 is 1.42 bits per heavy atom. The van der Waals surface area contributed by atoms with Crippen LogP contribution in [0.3, 0.4) is 0 Å². The van der Waals surface area contributed by atoms with Crippen molar-refractivity contribution in [2.24, 2.45) is 5.73 Å². The summed E-state index contributed by atoms with van der Waals surface area (Å²) in [6.45, 7) is 4.25. The first kappa shape index (κ1) is 14.9. The summed E-state index contributed by atoms with van der Waals surface area (Å²) in [4.78, 5) is 2.86. The highest BCUT2D eigenvalue weighted by Crippen LogP contribution is 2.21. The number of hydrogen-bond acceptors (Lipinski definition) is 4. The molecule has 104 valence electrons. The molecule has 2 rings (SSSR count). The first-order chi connectivity index (χ1) is 9.16. The number of nitrogens with zero attached hydrogens (tertiary/aromatic N) is 1. The molecule has 0 aliphatic carbocycles. The van der Waals surface area contributed by atoms with Gasteiger partial charge in [-0.2, -0.15) is 11.8 Å². The molecule has 3 nitrogen and oxygen atoms in total. The van der Waals surface area contributed by atoms with E-state index in [1.54, 1.807) is 0 Å². The third kappa shape index (κ3) is 4.53. The van der Waals surface area contributed by atoms with E-state index in [2.05, 4.69) is 10.2 Å². The van der Waals surface area contributed by atoms with Gasteiger partial charge in [-0.05, 0) is 18.2 Å². The van der Waals surface area contributed by atoms with E-state index < -0.39 is 0 Å². The molecular weight excluding hydrogens is 298 g/mol. The van der Waals surface area contributed by atoms with Crippen LogP contribution < -0.4 is 11.1 Å². The number of anilines is 1. The molecule has 1 heterocycles. The predicted octanol–water partition coefficient (Wildman–Crippen LogP) is 2.43. The zero-order valence-corrected chi connectivity index (χ0v) is 13.1. The Labute approximate surface area is 128 Å². The maximum Gasteiger partial charge on any atom is 0.106 e. The molecule has 1 aliphatic heterocycles. The average molecular weight is 316 g/mol. The van der Waals surface area contributed by atoms with Crippen molar-refractivity contribution >= 4 is 46.3 Å². The van der Waals surface area contributed by atoms with Crippen molar-refractivity contribution in [3.05, 3.63) is 28.8 Å². The van der Waals surface area contributed by atoms with E-state index >= 15 is 0 Å². The van der Waals surface area contributed by atoms with Crippen molar-refractivity contribution in [2.75, 3.05) is 43.0 Å². The van der Waals surface area contributed by atoms with Crippen molar-refractivity contribution in [2.45, 2.75) is 0 Å². The number of nitrogens with two attached hydrogens (primary N) is 1. The Kier molecular flexibility index (Phi) is 5.76. The first-order valence-corrected chi connectivity index (χ1v) is 8.24. The molecule has 0 radical (unpaired) electrons. The molecule has 1 fully saturated rings. The summed E-state index contributed by atoms with van der Waals surface area (Å²) in [7, 11) is 0. The van der Waals surface area contributed by atoms with Gasteiger partial charge in [0, 0.05) is 54.0 Å². The molecule has 1 aromatic rings. The quantitative estimate of drug-likeness (QED) is 0.817. The third-order valence-electron chi connectivity index (χ3n) is 3.09. The summed E-state index contributed by atoms with van der Waals surface area (Å²) in [6, 6.07) is 5.55. The van der Waals surface area contributed by atoms with Gasteiger partial charge in [0.15, 0.2) is 0 Å². The number of hydrogen-bond donors (Lipinski definition) is 2. The summed E-state index contributed by atoms with van der Waals surface area (Å²) >= 11 is 13.1. The van der Waals surface area contributed by atoms with Crippen LogP contribution in [0.25, 0.3) is 0 Å². The number of halogens is 1. The molecule has 0 aromatic heterocycles. The molecule has 1 aromatic carbocycles. The van der Waals surface area contributed by atoms with Gasteiger partial charge < -0.3 is 11.1 Å². The zero-order valence-electron chi connectivity index (χ0n) is 10.7. The fraction of sp³-hybridized carbons (Fsp3) is 0.462. The van der Waals surface area contributed by atoms with Gasteiger partial charge in [-0.15, -0.1) is 0 Å². The lowest BCUT2D eigenvalue weighted by Crippen LogP contribution is -2.36. The highest BCUT2D eigenvalue weighted by molar-refractivity contribution is 7.99. The number of thiocarbonyl (C=S) groups is 1.